The molecule has 0 amide bonds. The molecule has 2 aliphatic carbocycles. The summed E-state index contributed by atoms with van der Waals surface area (Å²) < 4.78 is 0. The molecule has 1 aromatic rings. The van der Waals surface area contributed by atoms with Gasteiger partial charge in [0.2, 0.25) is 0 Å². The Labute approximate surface area is 99.3 Å². The molecule has 2 N–H and O–H groups in total. The first kappa shape index (κ1) is 10.5. The van der Waals surface area contributed by atoms with Gasteiger partial charge in [0.25, 0.3) is 0 Å². The Morgan fingerprint density at radius 3 is 2.71 bits per heavy atom. The molecule has 0 spiro atoms. The minimum Gasteiger partial charge on any atom is -0.476 e. The van der Waals surface area contributed by atoms with E-state index in [-0.39, 0.29) is 5.69 Å². The minimum absolute atomic E-state index is 0.0107. The maximum absolute atomic E-state index is 10.6. The zero-order chi connectivity index (χ0) is 11.8. The molecule has 90 valence electrons. The third-order valence-corrected chi connectivity index (χ3v) is 3.96. The first-order chi connectivity index (χ1) is 8.22. The Morgan fingerprint density at radius 2 is 2.18 bits per heavy atom. The fourth-order valence-corrected chi connectivity index (χ4v) is 3.13. The average Bonchev–Trinajstić information content (AvgIpc) is 2.91. The van der Waals surface area contributed by atoms with E-state index in [1.54, 1.807) is 6.07 Å². The largest absolute Gasteiger partial charge is 0.476 e. The van der Waals surface area contributed by atoms with Crippen molar-refractivity contribution in [3.63, 3.8) is 0 Å². The number of fused-ring (bicyclic) bond motifs is 2. The first-order valence-electron chi connectivity index (χ1n) is 6.06. The van der Waals surface area contributed by atoms with Crippen molar-refractivity contribution < 1.29 is 9.90 Å². The molecule has 0 radical (unpaired) electrons. The lowest BCUT2D eigenvalue weighted by Crippen LogP contribution is -2.26. The van der Waals surface area contributed by atoms with Crippen LogP contribution in [0.15, 0.2) is 12.1 Å². The van der Waals surface area contributed by atoms with Gasteiger partial charge < -0.3 is 10.4 Å². The van der Waals surface area contributed by atoms with Gasteiger partial charge in [-0.05, 0) is 43.2 Å². The lowest BCUT2D eigenvalue weighted by Gasteiger charge is -2.22. The molecule has 5 heteroatoms. The summed E-state index contributed by atoms with van der Waals surface area (Å²) in [5.41, 5.74) is -0.0107. The van der Waals surface area contributed by atoms with Gasteiger partial charge in [-0.2, -0.15) is 0 Å². The van der Waals surface area contributed by atoms with Crippen molar-refractivity contribution in [3.05, 3.63) is 17.8 Å². The van der Waals surface area contributed by atoms with Gasteiger partial charge in [0.1, 0.15) is 5.82 Å². The van der Waals surface area contributed by atoms with Crippen LogP contribution in [0.5, 0.6) is 0 Å². The topological polar surface area (TPSA) is 75.1 Å². The molecule has 0 aliphatic heterocycles. The highest BCUT2D eigenvalue weighted by molar-refractivity contribution is 5.85. The summed E-state index contributed by atoms with van der Waals surface area (Å²) >= 11 is 0. The van der Waals surface area contributed by atoms with Crippen molar-refractivity contribution >= 4 is 11.8 Å². The number of rotatable bonds is 3. The number of hydrogen-bond donors (Lipinski definition) is 2. The highest BCUT2D eigenvalue weighted by atomic mass is 16.4. The van der Waals surface area contributed by atoms with Crippen LogP contribution in [-0.4, -0.2) is 27.3 Å². The monoisotopic (exact) mass is 233 g/mol. The second kappa shape index (κ2) is 3.98. The molecule has 3 atom stereocenters. The molecule has 2 saturated carbocycles. The molecule has 3 rings (SSSR count). The number of nitrogens with one attached hydrogen (secondary N) is 1. The number of hydrogen-bond acceptors (Lipinski definition) is 4. The lowest BCUT2D eigenvalue weighted by atomic mass is 9.95. The van der Waals surface area contributed by atoms with Crippen LogP contribution in [-0.2, 0) is 0 Å². The van der Waals surface area contributed by atoms with Crippen molar-refractivity contribution in [2.75, 3.05) is 5.32 Å². The van der Waals surface area contributed by atoms with Crippen LogP contribution in [0.1, 0.15) is 36.2 Å². The summed E-state index contributed by atoms with van der Waals surface area (Å²) in [7, 11) is 0. The van der Waals surface area contributed by atoms with E-state index in [0.29, 0.717) is 11.9 Å². The maximum Gasteiger partial charge on any atom is 0.356 e. The number of carbonyl (C=O) groups is 1. The third-order valence-electron chi connectivity index (χ3n) is 3.96. The quantitative estimate of drug-likeness (QED) is 0.832. The van der Waals surface area contributed by atoms with E-state index in [4.69, 9.17) is 5.11 Å². The molecule has 5 nitrogen and oxygen atoms in total. The predicted octanol–water partition coefficient (Wildman–Crippen LogP) is 1.78. The van der Waals surface area contributed by atoms with Gasteiger partial charge in [-0.15, -0.1) is 10.2 Å². The summed E-state index contributed by atoms with van der Waals surface area (Å²) in [5.74, 6) is 1.29. The fraction of sp³-hybridized carbons (Fsp3) is 0.583. The average molecular weight is 233 g/mol. The zero-order valence-corrected chi connectivity index (χ0v) is 9.47. The Kier molecular flexibility index (Phi) is 2.46. The van der Waals surface area contributed by atoms with E-state index in [1.807, 2.05) is 0 Å². The minimum atomic E-state index is -1.04. The van der Waals surface area contributed by atoms with E-state index < -0.39 is 5.97 Å². The van der Waals surface area contributed by atoms with Gasteiger partial charge in [-0.1, -0.05) is 6.42 Å². The van der Waals surface area contributed by atoms with Gasteiger partial charge in [0, 0.05) is 6.04 Å². The van der Waals surface area contributed by atoms with Crippen LogP contribution in [0.3, 0.4) is 0 Å². The number of anilines is 1. The number of aromatic carboxylic acids is 1. The highest BCUT2D eigenvalue weighted by Crippen LogP contribution is 2.45. The van der Waals surface area contributed by atoms with Gasteiger partial charge in [-0.25, -0.2) is 4.79 Å². The number of carboxylic acids is 1. The van der Waals surface area contributed by atoms with Crippen molar-refractivity contribution in [3.8, 4) is 0 Å². The van der Waals surface area contributed by atoms with E-state index in [1.165, 1.54) is 31.7 Å². The third kappa shape index (κ3) is 1.97. The molecule has 1 heterocycles. The van der Waals surface area contributed by atoms with Crippen molar-refractivity contribution in [1.82, 2.24) is 10.2 Å². The van der Waals surface area contributed by atoms with Gasteiger partial charge in [0.15, 0.2) is 5.69 Å². The SMILES string of the molecule is O=C(O)c1ccc(NC2CC3CCC2C3)nn1. The maximum atomic E-state index is 10.6. The van der Waals surface area contributed by atoms with Crippen LogP contribution >= 0.6 is 0 Å². The number of nitrogens with zero attached hydrogens (tertiary/aromatic N) is 2. The molecule has 1 aromatic heterocycles. The van der Waals surface area contributed by atoms with Gasteiger partial charge in [-0.3, -0.25) is 0 Å². The molecule has 2 aliphatic rings. The van der Waals surface area contributed by atoms with Crippen molar-refractivity contribution in [2.45, 2.75) is 31.7 Å². The molecule has 17 heavy (non-hydrogen) atoms. The summed E-state index contributed by atoms with van der Waals surface area (Å²) in [5, 5.41) is 19.7. The molecule has 0 aromatic carbocycles. The molecular formula is C12H15N3O2. The Balaban J connectivity index is 1.67. The number of carboxylic acid groups (broad SMARTS) is 1. The van der Waals surface area contributed by atoms with Crippen molar-refractivity contribution in [2.24, 2.45) is 11.8 Å². The Bertz CT molecular complexity index is 432. The van der Waals surface area contributed by atoms with E-state index in [0.717, 1.165) is 11.8 Å². The summed E-state index contributed by atoms with van der Waals surface area (Å²) in [6.45, 7) is 0. The number of aromatic nitrogens is 2. The van der Waals surface area contributed by atoms with Crippen LogP contribution in [0, 0.1) is 11.8 Å². The van der Waals surface area contributed by atoms with Crippen LogP contribution < -0.4 is 5.32 Å². The molecular weight excluding hydrogens is 218 g/mol. The smallest absolute Gasteiger partial charge is 0.356 e. The Hall–Kier alpha value is -1.65. The van der Waals surface area contributed by atoms with Crippen molar-refractivity contribution in [1.29, 1.82) is 0 Å². The normalized spacial score (nSPS) is 30.5. The zero-order valence-electron chi connectivity index (χ0n) is 9.47. The second-order valence-corrected chi connectivity index (χ2v) is 5.03. The second-order valence-electron chi connectivity index (χ2n) is 5.03. The first-order valence-corrected chi connectivity index (χ1v) is 6.06. The highest BCUT2D eigenvalue weighted by Gasteiger charge is 2.39. The van der Waals surface area contributed by atoms with Crippen LogP contribution in [0.2, 0.25) is 0 Å². The molecule has 2 fully saturated rings. The summed E-state index contributed by atoms with van der Waals surface area (Å²) in [6.07, 6.45) is 5.22. The van der Waals surface area contributed by atoms with Gasteiger partial charge >= 0.3 is 5.97 Å². The summed E-state index contributed by atoms with van der Waals surface area (Å²) in [6, 6.07) is 3.69. The van der Waals surface area contributed by atoms with E-state index >= 15 is 0 Å². The van der Waals surface area contributed by atoms with Gasteiger partial charge in [0.05, 0.1) is 0 Å². The van der Waals surface area contributed by atoms with Crippen LogP contribution in [0.25, 0.3) is 0 Å². The summed E-state index contributed by atoms with van der Waals surface area (Å²) in [4.78, 5) is 10.6. The standard InChI is InChI=1S/C12H15N3O2/c16-12(17)9-3-4-11(15-14-9)13-10-6-7-1-2-8(10)5-7/h3-4,7-8,10H,1-2,5-6H2,(H,13,15)(H,16,17). The molecule has 3 unspecified atom stereocenters. The fourth-order valence-electron chi connectivity index (χ4n) is 3.13. The molecule has 0 saturated heterocycles. The van der Waals surface area contributed by atoms with E-state index in [9.17, 15) is 4.79 Å². The lowest BCUT2D eigenvalue weighted by molar-refractivity contribution is 0.0689. The molecule has 2 bridgehead atoms. The predicted molar refractivity (Wildman–Crippen MR) is 61.9 cm³/mol. The van der Waals surface area contributed by atoms with E-state index in [2.05, 4.69) is 15.5 Å². The van der Waals surface area contributed by atoms with Crippen LogP contribution in [0.4, 0.5) is 5.82 Å². The Morgan fingerprint density at radius 1 is 1.29 bits per heavy atom.